The Hall–Kier alpha value is -1.25. The van der Waals surface area contributed by atoms with Gasteiger partial charge in [-0.15, -0.1) is 0 Å². The summed E-state index contributed by atoms with van der Waals surface area (Å²) in [5.74, 6) is 1.20. The van der Waals surface area contributed by atoms with Crippen molar-refractivity contribution in [1.82, 2.24) is 4.90 Å². The number of hydrogen-bond acceptors (Lipinski definition) is 2. The van der Waals surface area contributed by atoms with Gasteiger partial charge in [-0.25, -0.2) is 0 Å². The number of piperidine rings is 1. The van der Waals surface area contributed by atoms with Crippen molar-refractivity contribution in [1.29, 1.82) is 0 Å². The number of phenolic OH excluding ortho intramolecular Hbond substituents is 1. The van der Waals surface area contributed by atoms with Gasteiger partial charge >= 0.3 is 0 Å². The molecule has 20 heavy (non-hydrogen) atoms. The Balaban J connectivity index is 1.90. The van der Waals surface area contributed by atoms with Crippen LogP contribution in [0, 0.1) is 5.92 Å². The first-order chi connectivity index (χ1) is 9.65. The van der Waals surface area contributed by atoms with Crippen LogP contribution < -0.4 is 0 Å². The van der Waals surface area contributed by atoms with Gasteiger partial charge in [0.15, 0.2) is 0 Å². The highest BCUT2D eigenvalue weighted by molar-refractivity contribution is 6.35. The molecule has 0 radical (unpaired) electrons. The molecule has 0 spiro atoms. The van der Waals surface area contributed by atoms with Crippen LogP contribution in [0.15, 0.2) is 30.3 Å². The van der Waals surface area contributed by atoms with E-state index in [9.17, 15) is 5.11 Å². The average molecular weight is 290 g/mol. The lowest BCUT2D eigenvalue weighted by Gasteiger charge is -2.30. The van der Waals surface area contributed by atoms with E-state index < -0.39 is 0 Å². The van der Waals surface area contributed by atoms with Crippen molar-refractivity contribution in [2.45, 2.75) is 26.3 Å². The van der Waals surface area contributed by atoms with Crippen LogP contribution >= 0.6 is 11.6 Å². The molecule has 1 aliphatic heterocycles. The Labute approximate surface area is 125 Å². The largest absolute Gasteiger partial charge is 0.507 e. The van der Waals surface area contributed by atoms with Crippen LogP contribution in [-0.4, -0.2) is 23.1 Å². The molecule has 1 N–H and O–H groups in total. The molecule has 0 aromatic heterocycles. The number of phenols is 1. The first-order valence-electron chi connectivity index (χ1n) is 7.26. The lowest BCUT2D eigenvalue weighted by atomic mass is 9.98. The van der Waals surface area contributed by atoms with Crippen LogP contribution in [0.5, 0.6) is 5.75 Å². The van der Waals surface area contributed by atoms with Gasteiger partial charge in [-0.2, -0.15) is 0 Å². The molecule has 3 rings (SSSR count). The molecule has 0 bridgehead atoms. The van der Waals surface area contributed by atoms with E-state index in [1.807, 2.05) is 30.3 Å². The summed E-state index contributed by atoms with van der Waals surface area (Å²) in [5.41, 5.74) is 0.934. The summed E-state index contributed by atoms with van der Waals surface area (Å²) in [7, 11) is 0. The van der Waals surface area contributed by atoms with Crippen molar-refractivity contribution < 1.29 is 5.11 Å². The summed E-state index contributed by atoms with van der Waals surface area (Å²) in [6.45, 7) is 5.29. The third-order valence-corrected chi connectivity index (χ3v) is 4.63. The molecule has 1 fully saturated rings. The number of likely N-dealkylation sites (tertiary alicyclic amines) is 1. The van der Waals surface area contributed by atoms with Gasteiger partial charge in [-0.3, -0.25) is 4.90 Å². The molecule has 2 nitrogen and oxygen atoms in total. The summed E-state index contributed by atoms with van der Waals surface area (Å²) in [6.07, 6.45) is 2.48. The Morgan fingerprint density at radius 3 is 2.55 bits per heavy atom. The van der Waals surface area contributed by atoms with Crippen molar-refractivity contribution in [3.05, 3.63) is 40.9 Å². The minimum absolute atomic E-state index is 0.378. The van der Waals surface area contributed by atoms with Gasteiger partial charge in [0.2, 0.25) is 0 Å². The second kappa shape index (κ2) is 5.63. The summed E-state index contributed by atoms with van der Waals surface area (Å²) >= 11 is 6.35. The van der Waals surface area contributed by atoms with Crippen LogP contribution in [0.1, 0.15) is 25.3 Å². The number of benzene rings is 2. The fourth-order valence-electron chi connectivity index (χ4n) is 2.95. The van der Waals surface area contributed by atoms with E-state index in [0.717, 1.165) is 46.9 Å². The molecule has 1 saturated heterocycles. The van der Waals surface area contributed by atoms with Crippen LogP contribution in [0.25, 0.3) is 10.8 Å². The van der Waals surface area contributed by atoms with E-state index in [2.05, 4.69) is 11.8 Å². The minimum atomic E-state index is 0.378. The van der Waals surface area contributed by atoms with Gasteiger partial charge in [0, 0.05) is 27.9 Å². The molecule has 1 heterocycles. The molecule has 106 valence electrons. The van der Waals surface area contributed by atoms with Crippen molar-refractivity contribution in [2.24, 2.45) is 5.92 Å². The zero-order valence-electron chi connectivity index (χ0n) is 11.8. The SMILES string of the molecule is CC1CCN(Cc2cc(Cl)c3ccccc3c2O)CC1. The monoisotopic (exact) mass is 289 g/mol. The molecule has 0 amide bonds. The topological polar surface area (TPSA) is 23.5 Å². The Bertz CT molecular complexity index is 618. The first-order valence-corrected chi connectivity index (χ1v) is 7.64. The maximum atomic E-state index is 10.5. The average Bonchev–Trinajstić information content (AvgIpc) is 2.47. The molecule has 1 aliphatic rings. The van der Waals surface area contributed by atoms with Crippen molar-refractivity contribution in [3.8, 4) is 5.75 Å². The fraction of sp³-hybridized carbons (Fsp3) is 0.412. The molecule has 2 aromatic carbocycles. The third-order valence-electron chi connectivity index (χ3n) is 4.31. The third kappa shape index (κ3) is 2.63. The van der Waals surface area contributed by atoms with E-state index >= 15 is 0 Å². The number of fused-ring (bicyclic) bond motifs is 1. The number of halogens is 1. The predicted molar refractivity (Wildman–Crippen MR) is 84.3 cm³/mol. The van der Waals surface area contributed by atoms with Crippen molar-refractivity contribution in [3.63, 3.8) is 0 Å². The Morgan fingerprint density at radius 2 is 1.85 bits per heavy atom. The molecule has 3 heteroatoms. The minimum Gasteiger partial charge on any atom is -0.507 e. The number of hydrogen-bond donors (Lipinski definition) is 1. The van der Waals surface area contributed by atoms with Gasteiger partial charge < -0.3 is 5.11 Å². The zero-order valence-corrected chi connectivity index (χ0v) is 12.5. The molecule has 2 aromatic rings. The van der Waals surface area contributed by atoms with Gasteiger partial charge in [0.1, 0.15) is 5.75 Å². The Kier molecular flexibility index (Phi) is 3.86. The normalized spacial score (nSPS) is 17.7. The molecule has 0 atom stereocenters. The Morgan fingerprint density at radius 1 is 1.20 bits per heavy atom. The van der Waals surface area contributed by atoms with Crippen molar-refractivity contribution in [2.75, 3.05) is 13.1 Å². The van der Waals surface area contributed by atoms with Gasteiger partial charge in [0.05, 0.1) is 0 Å². The van der Waals surface area contributed by atoms with Gasteiger partial charge in [-0.05, 0) is 37.9 Å². The quantitative estimate of drug-likeness (QED) is 0.884. The van der Waals surface area contributed by atoms with Crippen LogP contribution in [0.2, 0.25) is 5.02 Å². The predicted octanol–water partition coefficient (Wildman–Crippen LogP) is 4.43. The van der Waals surface area contributed by atoms with Crippen LogP contribution in [0.3, 0.4) is 0 Å². The fourth-order valence-corrected chi connectivity index (χ4v) is 3.25. The van der Waals surface area contributed by atoms with E-state index in [1.54, 1.807) is 0 Å². The lowest BCUT2D eigenvalue weighted by Crippen LogP contribution is -2.32. The lowest BCUT2D eigenvalue weighted by molar-refractivity contribution is 0.184. The van der Waals surface area contributed by atoms with Gasteiger partial charge in [0.25, 0.3) is 0 Å². The van der Waals surface area contributed by atoms with Crippen LogP contribution in [0.4, 0.5) is 0 Å². The number of rotatable bonds is 2. The standard InChI is InChI=1S/C17H20ClNO/c1-12-6-8-19(9-7-12)11-13-10-16(18)14-4-2-3-5-15(14)17(13)20/h2-5,10,12,20H,6-9,11H2,1H3. The van der Waals surface area contributed by atoms with E-state index in [-0.39, 0.29) is 0 Å². The van der Waals surface area contributed by atoms with Crippen molar-refractivity contribution >= 4 is 22.4 Å². The highest BCUT2D eigenvalue weighted by atomic mass is 35.5. The molecular formula is C17H20ClNO. The smallest absolute Gasteiger partial charge is 0.127 e. The molecule has 0 unspecified atom stereocenters. The first kappa shape index (κ1) is 13.7. The highest BCUT2D eigenvalue weighted by Gasteiger charge is 2.18. The second-order valence-corrected chi connectivity index (χ2v) is 6.28. The number of nitrogens with zero attached hydrogens (tertiary/aromatic N) is 1. The molecular weight excluding hydrogens is 270 g/mol. The van der Waals surface area contributed by atoms with E-state index in [1.165, 1.54) is 12.8 Å². The second-order valence-electron chi connectivity index (χ2n) is 5.87. The molecule has 0 aliphatic carbocycles. The molecule has 0 saturated carbocycles. The summed E-state index contributed by atoms with van der Waals surface area (Å²) < 4.78 is 0. The van der Waals surface area contributed by atoms with Gasteiger partial charge in [-0.1, -0.05) is 42.8 Å². The maximum Gasteiger partial charge on any atom is 0.127 e. The van der Waals surface area contributed by atoms with E-state index in [4.69, 9.17) is 11.6 Å². The number of aromatic hydroxyl groups is 1. The maximum absolute atomic E-state index is 10.5. The zero-order chi connectivity index (χ0) is 14.1. The highest BCUT2D eigenvalue weighted by Crippen LogP contribution is 2.35. The van der Waals surface area contributed by atoms with E-state index in [0.29, 0.717) is 5.75 Å². The summed E-state index contributed by atoms with van der Waals surface area (Å²) in [4.78, 5) is 2.40. The summed E-state index contributed by atoms with van der Waals surface area (Å²) in [5, 5.41) is 13.0. The summed E-state index contributed by atoms with van der Waals surface area (Å²) in [6, 6.07) is 9.67. The van der Waals surface area contributed by atoms with Crippen LogP contribution in [-0.2, 0) is 6.54 Å².